The number of rotatable bonds is 6. The lowest BCUT2D eigenvalue weighted by molar-refractivity contribution is 0.396. The van der Waals surface area contributed by atoms with E-state index < -0.39 is 0 Å². The second-order valence-electron chi connectivity index (χ2n) is 3.47. The van der Waals surface area contributed by atoms with Gasteiger partial charge in [-0.15, -0.1) is 6.58 Å². The normalized spacial score (nSPS) is 12.2. The number of methoxy groups -OCH3 is 1. The summed E-state index contributed by atoms with van der Waals surface area (Å²) in [5, 5.41) is 0. The first kappa shape index (κ1) is 13.2. The van der Waals surface area contributed by atoms with E-state index in [0.29, 0.717) is 0 Å². The van der Waals surface area contributed by atoms with E-state index in [-0.39, 0.29) is 6.04 Å². The number of ether oxygens (including phenoxy) is 1. The van der Waals surface area contributed by atoms with E-state index >= 15 is 0 Å². The van der Waals surface area contributed by atoms with Crippen molar-refractivity contribution in [3.63, 3.8) is 0 Å². The van der Waals surface area contributed by atoms with E-state index in [9.17, 15) is 0 Å². The summed E-state index contributed by atoms with van der Waals surface area (Å²) in [5.74, 6) is 6.39. The van der Waals surface area contributed by atoms with Crippen LogP contribution in [0.2, 0.25) is 0 Å². The molecule has 0 amide bonds. The minimum atomic E-state index is 0.0843. The Bertz CT molecular complexity index is 355. The van der Waals surface area contributed by atoms with Gasteiger partial charge in [0.05, 0.1) is 7.11 Å². The number of benzene rings is 1. The molecule has 1 aromatic rings. The molecule has 0 saturated carbocycles. The third-order valence-corrected chi connectivity index (χ3v) is 2.92. The summed E-state index contributed by atoms with van der Waals surface area (Å²) in [6.45, 7) is 3.71. The topological polar surface area (TPSA) is 47.3 Å². The van der Waals surface area contributed by atoms with E-state index in [0.717, 1.165) is 28.6 Å². The summed E-state index contributed by atoms with van der Waals surface area (Å²) in [6.07, 6.45) is 3.70. The highest BCUT2D eigenvalue weighted by Crippen LogP contribution is 2.30. The van der Waals surface area contributed by atoms with Crippen LogP contribution in [0.1, 0.15) is 24.4 Å². The van der Waals surface area contributed by atoms with Crippen LogP contribution in [0, 0.1) is 0 Å². The summed E-state index contributed by atoms with van der Waals surface area (Å²) < 4.78 is 6.33. The Morgan fingerprint density at radius 3 is 2.94 bits per heavy atom. The molecule has 3 nitrogen and oxygen atoms in total. The molecule has 3 N–H and O–H groups in total. The van der Waals surface area contributed by atoms with Gasteiger partial charge in [-0.1, -0.05) is 28.1 Å². The molecule has 0 radical (unpaired) electrons. The lowest BCUT2D eigenvalue weighted by Crippen LogP contribution is -2.28. The summed E-state index contributed by atoms with van der Waals surface area (Å²) in [7, 11) is 1.66. The molecule has 0 heterocycles. The van der Waals surface area contributed by atoms with Gasteiger partial charge in [-0.05, 0) is 25.0 Å². The van der Waals surface area contributed by atoms with Crippen molar-refractivity contribution in [3.05, 3.63) is 40.9 Å². The van der Waals surface area contributed by atoms with Crippen LogP contribution in [0.4, 0.5) is 0 Å². The van der Waals surface area contributed by atoms with Crippen molar-refractivity contribution < 1.29 is 4.74 Å². The van der Waals surface area contributed by atoms with Gasteiger partial charge in [-0.2, -0.15) is 0 Å². The van der Waals surface area contributed by atoms with Gasteiger partial charge >= 0.3 is 0 Å². The number of hydrazine groups is 1. The second-order valence-corrected chi connectivity index (χ2v) is 4.39. The van der Waals surface area contributed by atoms with Crippen molar-refractivity contribution in [2.24, 2.45) is 5.84 Å². The van der Waals surface area contributed by atoms with Crippen LogP contribution in [0.25, 0.3) is 0 Å². The smallest absolute Gasteiger partial charge is 0.124 e. The third kappa shape index (κ3) is 3.33. The highest BCUT2D eigenvalue weighted by molar-refractivity contribution is 9.10. The number of nitrogens with two attached hydrogens (primary N) is 1. The van der Waals surface area contributed by atoms with E-state index in [2.05, 4.69) is 27.9 Å². The molecule has 88 valence electrons. The molecule has 0 saturated heterocycles. The summed E-state index contributed by atoms with van der Waals surface area (Å²) in [6, 6.07) is 6.02. The first-order chi connectivity index (χ1) is 7.72. The van der Waals surface area contributed by atoms with Crippen molar-refractivity contribution in [1.82, 2.24) is 5.43 Å². The maximum Gasteiger partial charge on any atom is 0.124 e. The fraction of sp³-hybridized carbons (Fsp3) is 0.333. The number of halogens is 1. The van der Waals surface area contributed by atoms with Crippen LogP contribution < -0.4 is 16.0 Å². The van der Waals surface area contributed by atoms with Gasteiger partial charge in [0.2, 0.25) is 0 Å². The lowest BCUT2D eigenvalue weighted by Gasteiger charge is -2.18. The number of hydrogen-bond acceptors (Lipinski definition) is 3. The van der Waals surface area contributed by atoms with Gasteiger partial charge in [0.25, 0.3) is 0 Å². The Morgan fingerprint density at radius 2 is 2.38 bits per heavy atom. The van der Waals surface area contributed by atoms with E-state index in [1.165, 1.54) is 0 Å². The summed E-state index contributed by atoms with van der Waals surface area (Å²) in [5.41, 5.74) is 3.87. The average Bonchev–Trinajstić information content (AvgIpc) is 2.31. The monoisotopic (exact) mass is 284 g/mol. The van der Waals surface area contributed by atoms with Crippen LogP contribution in [0.5, 0.6) is 5.75 Å². The predicted molar refractivity (Wildman–Crippen MR) is 70.2 cm³/mol. The van der Waals surface area contributed by atoms with Crippen LogP contribution in [-0.4, -0.2) is 7.11 Å². The molecule has 1 rings (SSSR count). The van der Waals surface area contributed by atoms with E-state index in [1.54, 1.807) is 7.11 Å². The molecule has 0 bridgehead atoms. The van der Waals surface area contributed by atoms with Crippen LogP contribution >= 0.6 is 15.9 Å². The zero-order valence-electron chi connectivity index (χ0n) is 9.37. The van der Waals surface area contributed by atoms with Gasteiger partial charge < -0.3 is 4.74 Å². The molecule has 0 fully saturated rings. The van der Waals surface area contributed by atoms with E-state index in [4.69, 9.17) is 10.6 Å². The van der Waals surface area contributed by atoms with Gasteiger partial charge in [0, 0.05) is 16.1 Å². The highest BCUT2D eigenvalue weighted by atomic mass is 79.9. The number of hydrogen-bond donors (Lipinski definition) is 2. The van der Waals surface area contributed by atoms with Crippen molar-refractivity contribution >= 4 is 15.9 Å². The van der Waals surface area contributed by atoms with Crippen LogP contribution in [0.15, 0.2) is 35.3 Å². The molecular formula is C12H17BrN2O. The van der Waals surface area contributed by atoms with Gasteiger partial charge in [-0.3, -0.25) is 11.3 Å². The van der Waals surface area contributed by atoms with Crippen molar-refractivity contribution in [3.8, 4) is 5.75 Å². The zero-order valence-corrected chi connectivity index (χ0v) is 11.0. The quantitative estimate of drug-likeness (QED) is 0.480. The molecule has 0 aliphatic carbocycles. The molecule has 0 spiro atoms. The summed E-state index contributed by atoms with van der Waals surface area (Å²) in [4.78, 5) is 0. The van der Waals surface area contributed by atoms with E-state index in [1.807, 2.05) is 24.3 Å². The van der Waals surface area contributed by atoms with Crippen LogP contribution in [-0.2, 0) is 0 Å². The highest BCUT2D eigenvalue weighted by Gasteiger charge is 2.14. The molecule has 1 aromatic carbocycles. The van der Waals surface area contributed by atoms with Gasteiger partial charge in [0.1, 0.15) is 5.75 Å². The molecule has 16 heavy (non-hydrogen) atoms. The minimum Gasteiger partial charge on any atom is -0.496 e. The summed E-state index contributed by atoms with van der Waals surface area (Å²) >= 11 is 3.41. The third-order valence-electron chi connectivity index (χ3n) is 2.43. The maximum atomic E-state index is 5.56. The van der Waals surface area contributed by atoms with Crippen LogP contribution in [0.3, 0.4) is 0 Å². The minimum absolute atomic E-state index is 0.0843. The fourth-order valence-electron chi connectivity index (χ4n) is 1.59. The van der Waals surface area contributed by atoms with Gasteiger partial charge in [0.15, 0.2) is 0 Å². The molecule has 1 atom stereocenters. The first-order valence-corrected chi connectivity index (χ1v) is 5.92. The Labute approximate surface area is 105 Å². The standard InChI is InChI=1S/C12H17BrN2O/c1-3-4-5-11(15-14)10-7-6-9(13)8-12(10)16-2/h3,6-8,11,15H,1,4-5,14H2,2H3. The maximum absolute atomic E-state index is 5.56. The Hall–Kier alpha value is -0.840. The first-order valence-electron chi connectivity index (χ1n) is 5.13. The predicted octanol–water partition coefficient (Wildman–Crippen LogP) is 2.93. The molecule has 1 unspecified atom stereocenters. The van der Waals surface area contributed by atoms with Crippen molar-refractivity contribution in [2.45, 2.75) is 18.9 Å². The average molecular weight is 285 g/mol. The molecule has 0 aliphatic rings. The Balaban J connectivity index is 2.94. The SMILES string of the molecule is C=CCCC(NN)c1ccc(Br)cc1OC. The number of allylic oxidation sites excluding steroid dienone is 1. The fourth-order valence-corrected chi connectivity index (χ4v) is 1.93. The Kier molecular flexibility index (Phi) is 5.52. The van der Waals surface area contributed by atoms with Crippen molar-refractivity contribution in [2.75, 3.05) is 7.11 Å². The van der Waals surface area contributed by atoms with Crippen molar-refractivity contribution in [1.29, 1.82) is 0 Å². The molecule has 0 aromatic heterocycles. The second kappa shape index (κ2) is 6.68. The van der Waals surface area contributed by atoms with Gasteiger partial charge in [-0.25, -0.2) is 0 Å². The molecule has 0 aliphatic heterocycles. The lowest BCUT2D eigenvalue weighted by atomic mass is 10.0. The molecular weight excluding hydrogens is 268 g/mol. The largest absolute Gasteiger partial charge is 0.496 e. The zero-order chi connectivity index (χ0) is 12.0. The molecule has 4 heteroatoms. The number of nitrogens with one attached hydrogen (secondary N) is 1. The Morgan fingerprint density at radius 1 is 1.62 bits per heavy atom.